The zero-order valence-corrected chi connectivity index (χ0v) is 19.5. The molecule has 3 aromatic rings. The molecule has 0 atom stereocenters. The second kappa shape index (κ2) is 11.3. The summed E-state index contributed by atoms with van der Waals surface area (Å²) >= 11 is 7.81. The van der Waals surface area contributed by atoms with E-state index in [1.165, 1.54) is 24.8 Å². The number of carbonyl (C=O) groups is 1. The van der Waals surface area contributed by atoms with E-state index >= 15 is 0 Å². The standard InChI is InChI=1S/C25H27ClN4OS/c26-22-17-23(30-15-5-2-6-16-30)29-25(28-22)32-18-20-9-11-21(12-10-20)24(31)27-14-13-19-7-3-1-4-8-19/h1,3-4,7-12,17H,2,5-6,13-16,18H2,(H,27,31). The van der Waals surface area contributed by atoms with Crippen LogP contribution in [0, 0.1) is 0 Å². The lowest BCUT2D eigenvalue weighted by Gasteiger charge is -2.27. The predicted molar refractivity (Wildman–Crippen MR) is 132 cm³/mol. The van der Waals surface area contributed by atoms with E-state index in [0.717, 1.165) is 36.6 Å². The van der Waals surface area contributed by atoms with Gasteiger partial charge in [-0.2, -0.15) is 0 Å². The molecular weight excluding hydrogens is 440 g/mol. The number of hydrogen-bond acceptors (Lipinski definition) is 5. The van der Waals surface area contributed by atoms with Crippen LogP contribution in [0.4, 0.5) is 5.82 Å². The molecule has 5 nitrogen and oxygen atoms in total. The number of rotatable bonds is 8. The van der Waals surface area contributed by atoms with Crippen molar-refractivity contribution in [2.75, 3.05) is 24.5 Å². The van der Waals surface area contributed by atoms with Crippen molar-refractivity contribution in [3.8, 4) is 0 Å². The molecule has 1 N–H and O–H groups in total. The molecule has 1 saturated heterocycles. The van der Waals surface area contributed by atoms with Gasteiger partial charge in [-0.25, -0.2) is 9.97 Å². The lowest BCUT2D eigenvalue weighted by Crippen LogP contribution is -2.30. The topological polar surface area (TPSA) is 58.1 Å². The summed E-state index contributed by atoms with van der Waals surface area (Å²) in [6, 6.07) is 19.7. The van der Waals surface area contributed by atoms with Crippen LogP contribution in [-0.2, 0) is 12.2 Å². The van der Waals surface area contributed by atoms with Crippen molar-refractivity contribution in [3.63, 3.8) is 0 Å². The molecule has 0 saturated carbocycles. The van der Waals surface area contributed by atoms with Gasteiger partial charge in [0.1, 0.15) is 11.0 Å². The van der Waals surface area contributed by atoms with Crippen LogP contribution in [0.2, 0.25) is 5.15 Å². The quantitative estimate of drug-likeness (QED) is 0.274. The van der Waals surface area contributed by atoms with E-state index in [9.17, 15) is 4.79 Å². The third-order valence-corrected chi connectivity index (χ3v) is 6.58. The molecule has 1 aliphatic rings. The third kappa shape index (κ3) is 6.47. The largest absolute Gasteiger partial charge is 0.356 e. The third-order valence-electron chi connectivity index (χ3n) is 5.47. The number of thioether (sulfide) groups is 1. The lowest BCUT2D eigenvalue weighted by atomic mass is 10.1. The van der Waals surface area contributed by atoms with Crippen LogP contribution >= 0.6 is 23.4 Å². The summed E-state index contributed by atoms with van der Waals surface area (Å²) in [5, 5.41) is 4.14. The fourth-order valence-electron chi connectivity index (χ4n) is 3.70. The molecule has 1 aliphatic heterocycles. The van der Waals surface area contributed by atoms with Gasteiger partial charge in [0.15, 0.2) is 5.16 Å². The van der Waals surface area contributed by atoms with Gasteiger partial charge in [0.25, 0.3) is 5.91 Å². The van der Waals surface area contributed by atoms with Crippen molar-refractivity contribution in [3.05, 3.63) is 82.5 Å². The molecule has 1 amide bonds. The van der Waals surface area contributed by atoms with Gasteiger partial charge < -0.3 is 10.2 Å². The van der Waals surface area contributed by atoms with Crippen molar-refractivity contribution in [2.45, 2.75) is 36.6 Å². The van der Waals surface area contributed by atoms with Crippen LogP contribution in [-0.4, -0.2) is 35.5 Å². The van der Waals surface area contributed by atoms with Gasteiger partial charge in [0.05, 0.1) is 0 Å². The van der Waals surface area contributed by atoms with Crippen molar-refractivity contribution >= 4 is 35.1 Å². The number of hydrogen-bond donors (Lipinski definition) is 1. The molecule has 0 aliphatic carbocycles. The molecule has 0 spiro atoms. The molecule has 32 heavy (non-hydrogen) atoms. The molecule has 166 valence electrons. The number of nitrogens with one attached hydrogen (secondary N) is 1. The molecule has 1 aromatic heterocycles. The molecule has 2 aromatic carbocycles. The number of piperidine rings is 1. The monoisotopic (exact) mass is 466 g/mol. The van der Waals surface area contributed by atoms with Crippen LogP contribution in [0.15, 0.2) is 65.8 Å². The van der Waals surface area contributed by atoms with E-state index < -0.39 is 0 Å². The van der Waals surface area contributed by atoms with Crippen LogP contribution < -0.4 is 10.2 Å². The smallest absolute Gasteiger partial charge is 0.251 e. The second-order valence-electron chi connectivity index (χ2n) is 7.86. The van der Waals surface area contributed by atoms with Crippen LogP contribution in [0.3, 0.4) is 0 Å². The van der Waals surface area contributed by atoms with Gasteiger partial charge in [-0.1, -0.05) is 65.8 Å². The normalized spacial score (nSPS) is 13.7. The van der Waals surface area contributed by atoms with Crippen LogP contribution in [0.5, 0.6) is 0 Å². The number of aromatic nitrogens is 2. The van der Waals surface area contributed by atoms with E-state index in [1.54, 1.807) is 11.8 Å². The Morgan fingerprint density at radius 1 is 0.969 bits per heavy atom. The molecule has 0 bridgehead atoms. The Balaban J connectivity index is 1.29. The highest BCUT2D eigenvalue weighted by Crippen LogP contribution is 2.26. The zero-order valence-electron chi connectivity index (χ0n) is 18.0. The minimum Gasteiger partial charge on any atom is -0.356 e. The number of halogens is 1. The van der Waals surface area contributed by atoms with Gasteiger partial charge in [-0.05, 0) is 48.9 Å². The SMILES string of the molecule is O=C(NCCc1ccccc1)c1ccc(CSc2nc(Cl)cc(N3CCCCC3)n2)cc1. The first kappa shape index (κ1) is 22.6. The Morgan fingerprint density at radius 3 is 2.47 bits per heavy atom. The van der Waals surface area contributed by atoms with E-state index in [0.29, 0.717) is 22.4 Å². The Bertz CT molecular complexity index is 1020. The maximum Gasteiger partial charge on any atom is 0.251 e. The Kier molecular flexibility index (Phi) is 8.02. The highest BCUT2D eigenvalue weighted by molar-refractivity contribution is 7.98. The molecule has 0 radical (unpaired) electrons. The first-order valence-corrected chi connectivity index (χ1v) is 12.4. The van der Waals surface area contributed by atoms with Gasteiger partial charge >= 0.3 is 0 Å². The lowest BCUT2D eigenvalue weighted by molar-refractivity contribution is 0.0954. The Morgan fingerprint density at radius 2 is 1.72 bits per heavy atom. The number of nitrogens with zero attached hydrogens (tertiary/aromatic N) is 3. The number of anilines is 1. The average molecular weight is 467 g/mol. The van der Waals surface area contributed by atoms with Crippen LogP contribution in [0.1, 0.15) is 40.7 Å². The predicted octanol–water partition coefficient (Wildman–Crippen LogP) is 5.39. The van der Waals surface area contributed by atoms with Crippen molar-refractivity contribution < 1.29 is 4.79 Å². The van der Waals surface area contributed by atoms with E-state index in [1.807, 2.05) is 48.5 Å². The van der Waals surface area contributed by atoms with E-state index in [2.05, 4.69) is 27.3 Å². The number of amides is 1. The van der Waals surface area contributed by atoms with Gasteiger partial charge in [0, 0.05) is 37.0 Å². The van der Waals surface area contributed by atoms with Crippen molar-refractivity contribution in [1.82, 2.24) is 15.3 Å². The molecule has 1 fully saturated rings. The summed E-state index contributed by atoms with van der Waals surface area (Å²) in [5.74, 6) is 1.58. The minimum absolute atomic E-state index is 0.0514. The highest BCUT2D eigenvalue weighted by atomic mass is 35.5. The summed E-state index contributed by atoms with van der Waals surface area (Å²) in [5.41, 5.74) is 2.99. The number of benzene rings is 2. The van der Waals surface area contributed by atoms with E-state index in [-0.39, 0.29) is 5.91 Å². The fraction of sp³-hybridized carbons (Fsp3) is 0.320. The summed E-state index contributed by atoms with van der Waals surface area (Å²) in [6.07, 6.45) is 4.48. The molecule has 2 heterocycles. The van der Waals surface area contributed by atoms with Crippen molar-refractivity contribution in [2.24, 2.45) is 0 Å². The molecule has 0 unspecified atom stereocenters. The van der Waals surface area contributed by atoms with E-state index in [4.69, 9.17) is 16.6 Å². The summed E-state index contributed by atoms with van der Waals surface area (Å²) in [7, 11) is 0. The molecule has 7 heteroatoms. The first-order valence-electron chi connectivity index (χ1n) is 11.0. The average Bonchev–Trinajstić information content (AvgIpc) is 2.84. The summed E-state index contributed by atoms with van der Waals surface area (Å²) in [4.78, 5) is 23.8. The maximum absolute atomic E-state index is 12.4. The van der Waals surface area contributed by atoms with Gasteiger partial charge in [-0.3, -0.25) is 4.79 Å². The Hall–Kier alpha value is -2.57. The Labute approximate surface area is 198 Å². The van der Waals surface area contributed by atoms with Gasteiger partial charge in [0.2, 0.25) is 0 Å². The molecule has 4 rings (SSSR count). The summed E-state index contributed by atoms with van der Waals surface area (Å²) in [6.45, 7) is 2.66. The fourth-order valence-corrected chi connectivity index (χ4v) is 4.74. The summed E-state index contributed by atoms with van der Waals surface area (Å²) < 4.78 is 0. The maximum atomic E-state index is 12.4. The first-order chi connectivity index (χ1) is 15.7. The molecular formula is C25H27ClN4OS. The number of carbonyl (C=O) groups excluding carboxylic acids is 1. The van der Waals surface area contributed by atoms with Gasteiger partial charge in [-0.15, -0.1) is 0 Å². The van der Waals surface area contributed by atoms with Crippen molar-refractivity contribution in [1.29, 1.82) is 0 Å². The zero-order chi connectivity index (χ0) is 22.2. The second-order valence-corrected chi connectivity index (χ2v) is 9.19. The minimum atomic E-state index is -0.0514. The highest BCUT2D eigenvalue weighted by Gasteiger charge is 2.14. The van der Waals surface area contributed by atoms with Crippen LogP contribution in [0.25, 0.3) is 0 Å².